The summed E-state index contributed by atoms with van der Waals surface area (Å²) < 4.78 is 0. The summed E-state index contributed by atoms with van der Waals surface area (Å²) >= 11 is 0. The molecular weight excluding hydrogens is 1220 g/mol. The summed E-state index contributed by atoms with van der Waals surface area (Å²) in [5.74, 6) is -23.6. The molecule has 91 heavy (non-hydrogen) atoms. The van der Waals surface area contributed by atoms with Gasteiger partial charge in [0.25, 0.3) is 0 Å². The standard InChI is InChI=1S/C53H84N14O24/c1-23(2)15-30(47(85)60-28(9-11-39(74)75)45(83)57-21-38(73)67-43(25(5)6)53(91)58-26(7)44(82)56-20-37(72)55-13-14-68)62-46(84)29(10-12-40(76)77)61-50(88)33(18-41(78)79)64-51(89)34(19-42(80)81)65-52(90)35(22-69)66-48(86)31(16-24(3)4)63-49(87)32(17-36(54)71)59-27(8)70/h14,23-26,28-35,43,69H,9-13,15-22H2,1-8H3,(H2,54,71)(H,55,72)(H,56,82)(H,57,83)(H,58,91)(H,59,70)(H,60,85)(H,61,88)(H,62,84)(H,63,87)(H,64,89)(H,65,90)(H,66,86)(H,67,73)(H,74,75)(H,76,77)(H,78,79)(H,80,81). The Balaban J connectivity index is 6.64. The van der Waals surface area contributed by atoms with Crippen LogP contribution in [0.3, 0.4) is 0 Å². The Morgan fingerprint density at radius 3 is 1.14 bits per heavy atom. The largest absolute Gasteiger partial charge is 0.481 e. The first kappa shape index (κ1) is 81.1. The van der Waals surface area contributed by atoms with Gasteiger partial charge in [-0.2, -0.15) is 0 Å². The van der Waals surface area contributed by atoms with Crippen LogP contribution < -0.4 is 74.9 Å². The SMILES string of the molecule is CC(=O)NC(CC(N)=O)C(=O)NC(CC(C)C)C(=O)NC(CO)C(=O)NC(CC(=O)O)C(=O)NC(CC(=O)O)C(=O)NC(CCC(=O)O)C(=O)NC(CC(C)C)C(=O)NC(CCC(=O)O)C(=O)NCC(=O)NC(C(=O)NC(C)C(=O)NCC(=O)NCC=O)C(C)C. The first-order chi connectivity index (χ1) is 42.3. The minimum absolute atomic E-state index is 0.147. The van der Waals surface area contributed by atoms with Gasteiger partial charge < -0.3 is 105 Å². The van der Waals surface area contributed by atoms with E-state index in [0.717, 1.165) is 6.92 Å². The Kier molecular flexibility index (Phi) is 36.8. The number of nitrogens with two attached hydrogens (primary N) is 1. The third-order valence-corrected chi connectivity index (χ3v) is 12.4. The first-order valence-electron chi connectivity index (χ1n) is 28.3. The van der Waals surface area contributed by atoms with Gasteiger partial charge in [-0.05, 0) is 50.4 Å². The van der Waals surface area contributed by atoms with E-state index in [0.29, 0.717) is 6.29 Å². The van der Waals surface area contributed by atoms with E-state index in [1.54, 1.807) is 27.7 Å². The van der Waals surface area contributed by atoms with Crippen LogP contribution in [-0.2, 0) is 91.1 Å². The highest BCUT2D eigenvalue weighted by Crippen LogP contribution is 2.12. The van der Waals surface area contributed by atoms with Gasteiger partial charge in [-0.25, -0.2) is 0 Å². The smallest absolute Gasteiger partial charge is 0.305 e. The zero-order valence-corrected chi connectivity index (χ0v) is 51.3. The highest BCUT2D eigenvalue weighted by molar-refractivity contribution is 6.01. The lowest BCUT2D eigenvalue weighted by atomic mass is 10.0. The van der Waals surface area contributed by atoms with Gasteiger partial charge in [0.15, 0.2) is 0 Å². The normalized spacial score (nSPS) is 14.2. The minimum atomic E-state index is -2.27. The molecule has 0 saturated carbocycles. The fourth-order valence-electron chi connectivity index (χ4n) is 7.96. The quantitative estimate of drug-likeness (QED) is 0.0252. The summed E-state index contributed by atoms with van der Waals surface area (Å²) in [5, 5.41) is 77.1. The average molecular weight is 1300 g/mol. The van der Waals surface area contributed by atoms with Crippen molar-refractivity contribution in [1.82, 2.24) is 69.1 Å². The van der Waals surface area contributed by atoms with Gasteiger partial charge >= 0.3 is 23.9 Å². The minimum Gasteiger partial charge on any atom is -0.481 e. The molecule has 0 aromatic rings. The van der Waals surface area contributed by atoms with Crippen molar-refractivity contribution < 1.29 is 117 Å². The van der Waals surface area contributed by atoms with Crippen molar-refractivity contribution in [1.29, 1.82) is 0 Å². The predicted octanol–water partition coefficient (Wildman–Crippen LogP) is -8.28. The van der Waals surface area contributed by atoms with Crippen LogP contribution in [-0.4, -0.2) is 225 Å². The van der Waals surface area contributed by atoms with Gasteiger partial charge in [-0.15, -0.1) is 0 Å². The number of carbonyl (C=O) groups excluding carboxylic acids is 15. The van der Waals surface area contributed by atoms with E-state index in [4.69, 9.17) is 5.73 Å². The number of carboxylic acids is 4. The van der Waals surface area contributed by atoms with Crippen LogP contribution in [0.15, 0.2) is 0 Å². The van der Waals surface area contributed by atoms with E-state index in [1.165, 1.54) is 20.8 Å². The van der Waals surface area contributed by atoms with Crippen molar-refractivity contribution in [2.45, 2.75) is 174 Å². The molecule has 510 valence electrons. The maximum atomic E-state index is 14.0. The summed E-state index contributed by atoms with van der Waals surface area (Å²) in [7, 11) is 0. The number of primary amides is 1. The van der Waals surface area contributed by atoms with Gasteiger partial charge in [-0.1, -0.05) is 41.5 Å². The average Bonchev–Trinajstić information content (AvgIpc) is 1.22. The molecule has 38 nitrogen and oxygen atoms in total. The van der Waals surface area contributed by atoms with Crippen LogP contribution in [0.4, 0.5) is 0 Å². The lowest BCUT2D eigenvalue weighted by Gasteiger charge is -2.28. The maximum Gasteiger partial charge on any atom is 0.305 e. The number of amides is 14. The number of hydrogen-bond donors (Lipinski definition) is 19. The molecule has 0 aliphatic carbocycles. The molecule has 0 rings (SSSR count). The number of hydrogen-bond acceptors (Lipinski definition) is 20. The van der Waals surface area contributed by atoms with Crippen LogP contribution >= 0.6 is 0 Å². The summed E-state index contributed by atoms with van der Waals surface area (Å²) in [6, 6.07) is -17.6. The molecule has 38 heteroatoms. The van der Waals surface area contributed by atoms with Crippen LogP contribution in [0.2, 0.25) is 0 Å². The molecule has 14 amide bonds. The molecule has 10 atom stereocenters. The van der Waals surface area contributed by atoms with E-state index in [1.807, 2.05) is 10.6 Å². The van der Waals surface area contributed by atoms with Crippen molar-refractivity contribution >= 4 is 113 Å². The van der Waals surface area contributed by atoms with E-state index < -0.39 is 243 Å². The topological polar surface area (TPSA) is 608 Å². The van der Waals surface area contributed by atoms with E-state index >= 15 is 0 Å². The van der Waals surface area contributed by atoms with E-state index in [2.05, 4.69) is 58.5 Å². The molecule has 0 radical (unpaired) electrons. The van der Waals surface area contributed by atoms with Gasteiger partial charge in [-0.3, -0.25) is 86.3 Å². The third kappa shape index (κ3) is 33.9. The number of aliphatic hydroxyl groups excluding tert-OH is 1. The number of carbonyl (C=O) groups is 19. The number of aliphatic carboxylic acids is 4. The highest BCUT2D eigenvalue weighted by Gasteiger charge is 2.37. The second-order valence-corrected chi connectivity index (χ2v) is 21.8. The van der Waals surface area contributed by atoms with Crippen LogP contribution in [0.25, 0.3) is 0 Å². The van der Waals surface area contributed by atoms with Crippen molar-refractivity contribution in [3.05, 3.63) is 0 Å². The van der Waals surface area contributed by atoms with Crippen molar-refractivity contribution in [2.75, 3.05) is 26.2 Å². The molecule has 0 saturated heterocycles. The zero-order chi connectivity index (χ0) is 70.0. The molecule has 0 aromatic carbocycles. The number of carboxylic acid groups (broad SMARTS) is 4. The lowest BCUT2D eigenvalue weighted by molar-refractivity contribution is -0.144. The molecule has 10 unspecified atom stereocenters. The molecular formula is C53H84N14O24. The van der Waals surface area contributed by atoms with E-state index in [-0.39, 0.29) is 25.3 Å². The second-order valence-electron chi connectivity index (χ2n) is 21.8. The number of nitrogens with one attached hydrogen (secondary N) is 13. The fraction of sp³-hybridized carbons (Fsp3) is 0.642. The zero-order valence-electron chi connectivity index (χ0n) is 51.3. The summed E-state index contributed by atoms with van der Waals surface area (Å²) in [4.78, 5) is 241. The lowest BCUT2D eigenvalue weighted by Crippen LogP contribution is -2.61. The van der Waals surface area contributed by atoms with Gasteiger partial charge in [0.2, 0.25) is 82.7 Å². The Morgan fingerprint density at radius 1 is 0.396 bits per heavy atom. The third-order valence-electron chi connectivity index (χ3n) is 12.4. The van der Waals surface area contributed by atoms with Gasteiger partial charge in [0.05, 0.1) is 45.5 Å². The molecule has 0 aromatic heterocycles. The van der Waals surface area contributed by atoms with Crippen LogP contribution in [0, 0.1) is 17.8 Å². The highest BCUT2D eigenvalue weighted by atomic mass is 16.4. The second kappa shape index (κ2) is 41.3. The molecule has 0 aliphatic rings. The molecule has 0 spiro atoms. The van der Waals surface area contributed by atoms with Crippen LogP contribution in [0.5, 0.6) is 0 Å². The Hall–Kier alpha value is -9.91. The Labute approximate surface area is 520 Å². The number of aliphatic hydroxyl groups is 1. The number of rotatable bonds is 44. The number of aldehydes is 1. The molecule has 0 fully saturated rings. The summed E-state index contributed by atoms with van der Waals surface area (Å²) in [5.41, 5.74) is 5.19. The molecule has 0 heterocycles. The molecule has 20 N–H and O–H groups in total. The maximum absolute atomic E-state index is 14.0. The summed E-state index contributed by atoms with van der Waals surface area (Å²) in [6.07, 6.45) is -6.40. The monoisotopic (exact) mass is 1300 g/mol. The van der Waals surface area contributed by atoms with E-state index in [9.17, 15) is 117 Å². The van der Waals surface area contributed by atoms with Crippen molar-refractivity contribution in [2.24, 2.45) is 23.5 Å². The van der Waals surface area contributed by atoms with Gasteiger partial charge in [0.1, 0.15) is 66.7 Å². The van der Waals surface area contributed by atoms with Crippen molar-refractivity contribution in [3.8, 4) is 0 Å². The Bertz CT molecular complexity index is 2660. The molecule has 0 aliphatic heterocycles. The Morgan fingerprint density at radius 2 is 0.758 bits per heavy atom. The molecule has 0 bridgehead atoms. The first-order valence-corrected chi connectivity index (χ1v) is 28.3. The van der Waals surface area contributed by atoms with Gasteiger partial charge in [0, 0.05) is 19.8 Å². The van der Waals surface area contributed by atoms with Crippen molar-refractivity contribution in [3.63, 3.8) is 0 Å². The summed E-state index contributed by atoms with van der Waals surface area (Å²) in [6.45, 7) is 8.76. The predicted molar refractivity (Wildman–Crippen MR) is 309 cm³/mol. The fourth-order valence-corrected chi connectivity index (χ4v) is 7.96. The van der Waals surface area contributed by atoms with Crippen LogP contribution in [0.1, 0.15) is 113 Å².